The molecule has 3 rings (SSSR count). The fourth-order valence-electron chi connectivity index (χ4n) is 7.57. The molecule has 310 valence electrons. The standard InChI is InChI=1S/C42H66N8O6/c1-11-28(2)38(49(8)37(52)27-44-42(47(4)5)48(6)7)35(55-9)25-36(51)50-23-15-18-34(50)39(56-10)29(3)40(53)46-33(24-30-16-13-12-14-17-30)41(54)45-32-21-19-31(26-43)20-22-32/h12-14,16-17,19-22,28-29,33-35,38-39H,11,15,18,23-27,43H2,1-10H3,(H,45,54)(H,46,53)/t28?,29?,33-,34?,35?,38?,39?/m0/s1. The third kappa shape index (κ3) is 12.5. The normalized spacial score (nSPS) is 17.1. The predicted octanol–water partition coefficient (Wildman–Crippen LogP) is 3.21. The van der Waals surface area contributed by atoms with Gasteiger partial charge in [-0.15, -0.1) is 0 Å². The number of hydrogen-bond acceptors (Lipinski definition) is 8. The summed E-state index contributed by atoms with van der Waals surface area (Å²) in [5, 5.41) is 5.92. The maximum Gasteiger partial charge on any atom is 0.247 e. The van der Waals surface area contributed by atoms with Crippen LogP contribution in [-0.4, -0.2) is 142 Å². The minimum atomic E-state index is -0.872. The van der Waals surface area contributed by atoms with Gasteiger partial charge in [0.15, 0.2) is 5.96 Å². The summed E-state index contributed by atoms with van der Waals surface area (Å²) < 4.78 is 12.0. The topological polar surface area (TPSA) is 162 Å². The van der Waals surface area contributed by atoms with E-state index in [1.54, 1.807) is 50.1 Å². The van der Waals surface area contributed by atoms with Crippen molar-refractivity contribution in [1.82, 2.24) is 24.9 Å². The summed E-state index contributed by atoms with van der Waals surface area (Å²) in [6.45, 7) is 6.73. The lowest BCUT2D eigenvalue weighted by Crippen LogP contribution is -2.54. The number of rotatable bonds is 19. The number of guanidine groups is 1. The van der Waals surface area contributed by atoms with Crippen molar-refractivity contribution in [1.29, 1.82) is 0 Å². The number of carbonyl (C=O) groups excluding carboxylic acids is 4. The van der Waals surface area contributed by atoms with Crippen LogP contribution in [0.1, 0.15) is 57.6 Å². The fourth-order valence-corrected chi connectivity index (χ4v) is 7.57. The highest BCUT2D eigenvalue weighted by Gasteiger charge is 2.42. The molecular weight excluding hydrogens is 713 g/mol. The zero-order chi connectivity index (χ0) is 41.5. The Morgan fingerprint density at radius 3 is 2.11 bits per heavy atom. The van der Waals surface area contributed by atoms with Gasteiger partial charge in [0, 0.05) is 74.7 Å². The predicted molar refractivity (Wildman–Crippen MR) is 221 cm³/mol. The monoisotopic (exact) mass is 779 g/mol. The third-order valence-corrected chi connectivity index (χ3v) is 10.8. The van der Waals surface area contributed by atoms with Crippen molar-refractivity contribution in [2.45, 2.75) is 89.8 Å². The van der Waals surface area contributed by atoms with Crippen LogP contribution in [0.4, 0.5) is 5.69 Å². The Hall–Kier alpha value is -4.53. The molecule has 7 atom stereocenters. The molecule has 4 amide bonds. The molecule has 6 unspecified atom stereocenters. The molecule has 0 radical (unpaired) electrons. The Morgan fingerprint density at radius 1 is 0.911 bits per heavy atom. The molecule has 2 aromatic carbocycles. The largest absolute Gasteiger partial charge is 0.379 e. The van der Waals surface area contributed by atoms with E-state index in [1.165, 1.54) is 0 Å². The van der Waals surface area contributed by atoms with Crippen LogP contribution in [0, 0.1) is 11.8 Å². The molecule has 1 aliphatic rings. The minimum Gasteiger partial charge on any atom is -0.379 e. The van der Waals surface area contributed by atoms with Crippen LogP contribution in [0.15, 0.2) is 59.6 Å². The molecule has 0 aromatic heterocycles. The van der Waals surface area contributed by atoms with Crippen molar-refractivity contribution in [3.63, 3.8) is 0 Å². The molecule has 14 nitrogen and oxygen atoms in total. The smallest absolute Gasteiger partial charge is 0.247 e. The van der Waals surface area contributed by atoms with Gasteiger partial charge in [0.2, 0.25) is 23.6 Å². The Kier molecular flexibility index (Phi) is 18.2. The quantitative estimate of drug-likeness (QED) is 0.144. The molecule has 14 heteroatoms. The first-order chi connectivity index (χ1) is 26.7. The Labute approximate surface area is 334 Å². The number of aliphatic imine (C=N–C) groups is 1. The number of nitrogens with zero attached hydrogens (tertiary/aromatic N) is 5. The van der Waals surface area contributed by atoms with Gasteiger partial charge in [0.25, 0.3) is 0 Å². The number of hydrogen-bond donors (Lipinski definition) is 3. The Morgan fingerprint density at radius 2 is 1.55 bits per heavy atom. The molecule has 1 heterocycles. The van der Waals surface area contributed by atoms with E-state index < -0.39 is 24.2 Å². The number of likely N-dealkylation sites (N-methyl/N-ethyl adjacent to an activating group) is 1. The maximum absolute atomic E-state index is 14.2. The summed E-state index contributed by atoms with van der Waals surface area (Å²) in [4.78, 5) is 67.1. The zero-order valence-corrected chi connectivity index (χ0v) is 35.2. The average molecular weight is 779 g/mol. The van der Waals surface area contributed by atoms with Crippen molar-refractivity contribution < 1.29 is 28.7 Å². The SMILES string of the molecule is CCC(C)C(C(CC(=O)N1CCCC1C(OC)C(C)C(=O)N[C@@H](Cc1ccccc1)C(=O)Nc1ccc(CN)cc1)OC)N(C)C(=O)CN=C(N(C)C)N(C)C. The first kappa shape index (κ1) is 45.9. The van der Waals surface area contributed by atoms with Gasteiger partial charge < -0.3 is 45.4 Å². The van der Waals surface area contributed by atoms with Crippen molar-refractivity contribution in [3.8, 4) is 0 Å². The number of amides is 4. The van der Waals surface area contributed by atoms with E-state index in [0.717, 1.165) is 24.0 Å². The van der Waals surface area contributed by atoms with E-state index in [-0.39, 0.29) is 61.0 Å². The molecule has 0 aliphatic carbocycles. The molecule has 0 saturated carbocycles. The lowest BCUT2D eigenvalue weighted by molar-refractivity contribution is -0.145. The summed E-state index contributed by atoms with van der Waals surface area (Å²) in [5.41, 5.74) is 8.17. The van der Waals surface area contributed by atoms with E-state index in [9.17, 15) is 19.2 Å². The van der Waals surface area contributed by atoms with Gasteiger partial charge in [-0.2, -0.15) is 0 Å². The number of carbonyl (C=O) groups is 4. The first-order valence-corrected chi connectivity index (χ1v) is 19.6. The van der Waals surface area contributed by atoms with Crippen molar-refractivity contribution in [3.05, 3.63) is 65.7 Å². The third-order valence-electron chi connectivity index (χ3n) is 10.8. The van der Waals surface area contributed by atoms with E-state index in [0.29, 0.717) is 31.2 Å². The number of methoxy groups -OCH3 is 2. The van der Waals surface area contributed by atoms with E-state index in [4.69, 9.17) is 15.2 Å². The summed E-state index contributed by atoms with van der Waals surface area (Å²) >= 11 is 0. The van der Waals surface area contributed by atoms with Crippen LogP contribution in [-0.2, 0) is 41.6 Å². The van der Waals surface area contributed by atoms with Crippen LogP contribution in [0.3, 0.4) is 0 Å². The highest BCUT2D eigenvalue weighted by Crippen LogP contribution is 2.29. The second-order valence-electron chi connectivity index (χ2n) is 15.2. The molecule has 1 aliphatic heterocycles. The van der Waals surface area contributed by atoms with E-state index in [1.807, 2.05) is 80.5 Å². The second kappa shape index (κ2) is 22.3. The van der Waals surface area contributed by atoms with Crippen molar-refractivity contribution in [2.75, 3.05) is 67.9 Å². The van der Waals surface area contributed by atoms with Crippen LogP contribution < -0.4 is 16.4 Å². The molecule has 2 aromatic rings. The second-order valence-corrected chi connectivity index (χ2v) is 15.2. The summed E-state index contributed by atoms with van der Waals surface area (Å²) in [6.07, 6.45) is 1.28. The van der Waals surface area contributed by atoms with Gasteiger partial charge in [-0.25, -0.2) is 4.99 Å². The number of ether oxygens (including phenoxy) is 2. The number of anilines is 1. The molecule has 0 spiro atoms. The van der Waals surface area contributed by atoms with Gasteiger partial charge in [-0.1, -0.05) is 69.7 Å². The van der Waals surface area contributed by atoms with E-state index in [2.05, 4.69) is 29.5 Å². The molecule has 56 heavy (non-hydrogen) atoms. The van der Waals surface area contributed by atoms with Gasteiger partial charge in [-0.3, -0.25) is 19.2 Å². The van der Waals surface area contributed by atoms with Gasteiger partial charge in [-0.05, 0) is 42.0 Å². The van der Waals surface area contributed by atoms with Gasteiger partial charge in [0.1, 0.15) is 12.6 Å². The number of nitrogens with two attached hydrogens (primary N) is 1. The molecule has 0 bridgehead atoms. The van der Waals surface area contributed by atoms with Gasteiger partial charge >= 0.3 is 0 Å². The fraction of sp³-hybridized carbons (Fsp3) is 0.595. The van der Waals surface area contributed by atoms with Crippen molar-refractivity contribution in [2.24, 2.45) is 22.6 Å². The lowest BCUT2D eigenvalue weighted by Gasteiger charge is -2.39. The van der Waals surface area contributed by atoms with Crippen molar-refractivity contribution >= 4 is 35.3 Å². The summed E-state index contributed by atoms with van der Waals surface area (Å²) in [5.74, 6) is -1.01. The number of likely N-dealkylation sites (tertiary alicyclic amines) is 1. The Balaban J connectivity index is 1.78. The van der Waals surface area contributed by atoms with Gasteiger partial charge in [0.05, 0.1) is 36.6 Å². The maximum atomic E-state index is 14.2. The highest BCUT2D eigenvalue weighted by atomic mass is 16.5. The average Bonchev–Trinajstić information content (AvgIpc) is 3.67. The molecule has 1 fully saturated rings. The lowest BCUT2D eigenvalue weighted by atomic mass is 9.90. The highest BCUT2D eigenvalue weighted by molar-refractivity contribution is 5.97. The van der Waals surface area contributed by atoms with Crippen LogP contribution in [0.2, 0.25) is 0 Å². The van der Waals surface area contributed by atoms with E-state index >= 15 is 0 Å². The molecule has 4 N–H and O–H groups in total. The summed E-state index contributed by atoms with van der Waals surface area (Å²) in [7, 11) is 12.4. The molecular formula is C42H66N8O6. The summed E-state index contributed by atoms with van der Waals surface area (Å²) in [6, 6.07) is 15.2. The van der Waals surface area contributed by atoms with Crippen LogP contribution in [0.5, 0.6) is 0 Å². The van der Waals surface area contributed by atoms with Crippen LogP contribution in [0.25, 0.3) is 0 Å². The number of benzene rings is 2. The zero-order valence-electron chi connectivity index (χ0n) is 35.2. The number of nitrogens with one attached hydrogen (secondary N) is 2. The molecule has 1 saturated heterocycles. The minimum absolute atomic E-state index is 0.0315. The Bertz CT molecular complexity index is 1580. The first-order valence-electron chi connectivity index (χ1n) is 19.6. The van der Waals surface area contributed by atoms with Crippen LogP contribution >= 0.6 is 0 Å².